The number of benzene rings is 1. The largest absolute Gasteiger partial charge is 0.394 e. The summed E-state index contributed by atoms with van der Waals surface area (Å²) >= 11 is 0. The number of hydrogen-bond donors (Lipinski definition) is 3. The monoisotopic (exact) mass is 293 g/mol. The molecule has 0 bridgehead atoms. The molecule has 1 amide bonds. The summed E-state index contributed by atoms with van der Waals surface area (Å²) in [6.07, 6.45) is 1.72. The van der Waals surface area contributed by atoms with Crippen LogP contribution in [0.4, 0.5) is 5.69 Å². The number of nitrogens with one attached hydrogen (secondary N) is 1. The first kappa shape index (κ1) is 15.8. The quantitative estimate of drug-likeness (QED) is 0.554. The molecule has 1 aromatic carbocycles. The number of hydrazine groups is 1. The first-order chi connectivity index (χ1) is 10.2. The summed E-state index contributed by atoms with van der Waals surface area (Å²) in [4.78, 5) is 14.4. The van der Waals surface area contributed by atoms with Crippen LogP contribution in [0.25, 0.3) is 0 Å². The number of nitrogens with zero attached hydrogens (tertiary/aromatic N) is 1. The van der Waals surface area contributed by atoms with Gasteiger partial charge in [-0.25, -0.2) is 0 Å². The number of amides is 1. The summed E-state index contributed by atoms with van der Waals surface area (Å²) in [5.41, 5.74) is 4.89. The number of carbonyl (C=O) groups excluding carboxylic acids is 1. The number of nitrogen functional groups attached to an aromatic ring is 1. The molecule has 0 aromatic heterocycles. The van der Waals surface area contributed by atoms with E-state index in [1.165, 1.54) is 0 Å². The molecule has 1 aliphatic rings. The van der Waals surface area contributed by atoms with Crippen LogP contribution in [0.1, 0.15) is 28.8 Å². The molecule has 1 aromatic rings. The molecule has 1 heterocycles. The van der Waals surface area contributed by atoms with E-state index in [0.717, 1.165) is 18.4 Å². The van der Waals surface area contributed by atoms with Crippen LogP contribution >= 0.6 is 0 Å². The lowest BCUT2D eigenvalue weighted by molar-refractivity contribution is -0.00552. The van der Waals surface area contributed by atoms with Crippen LogP contribution in [0.3, 0.4) is 0 Å². The number of hydrogen-bond acceptors (Lipinski definition) is 5. The van der Waals surface area contributed by atoms with Crippen molar-refractivity contribution in [1.29, 1.82) is 0 Å². The van der Waals surface area contributed by atoms with Crippen LogP contribution in [-0.2, 0) is 4.74 Å². The Morgan fingerprint density at radius 2 is 2.19 bits per heavy atom. The molecule has 0 aliphatic carbocycles. The lowest BCUT2D eigenvalue weighted by Gasteiger charge is -2.32. The summed E-state index contributed by atoms with van der Waals surface area (Å²) < 4.78 is 5.51. The molecule has 4 N–H and O–H groups in total. The number of piperidine rings is 1. The van der Waals surface area contributed by atoms with Gasteiger partial charge in [-0.3, -0.25) is 10.6 Å². The smallest absolute Gasteiger partial charge is 0.256 e. The van der Waals surface area contributed by atoms with Crippen molar-refractivity contribution in [3.63, 3.8) is 0 Å². The molecule has 0 unspecified atom stereocenters. The molecule has 6 heteroatoms. The van der Waals surface area contributed by atoms with Crippen LogP contribution < -0.4 is 11.3 Å². The van der Waals surface area contributed by atoms with E-state index in [-0.39, 0.29) is 18.6 Å². The maximum atomic E-state index is 12.6. The summed E-state index contributed by atoms with van der Waals surface area (Å²) in [5.74, 6) is 5.49. The van der Waals surface area contributed by atoms with Gasteiger partial charge in [-0.05, 0) is 37.5 Å². The Labute approximate surface area is 124 Å². The molecule has 0 spiro atoms. The Morgan fingerprint density at radius 1 is 1.48 bits per heavy atom. The topological polar surface area (TPSA) is 87.8 Å². The number of likely N-dealkylation sites (tertiary alicyclic amines) is 1. The Hall–Kier alpha value is -1.63. The average Bonchev–Trinajstić information content (AvgIpc) is 2.52. The molecule has 2 rings (SSSR count). The molecule has 1 saturated heterocycles. The third-order valence-electron chi connectivity index (χ3n) is 3.74. The highest BCUT2D eigenvalue weighted by Gasteiger charge is 2.25. The summed E-state index contributed by atoms with van der Waals surface area (Å²) in [7, 11) is 0. The number of aliphatic hydroxyl groups is 1. The van der Waals surface area contributed by atoms with E-state index in [4.69, 9.17) is 15.7 Å². The number of ether oxygens (including phenoxy) is 1. The number of carbonyl (C=O) groups is 1. The molecular formula is C15H23N3O3. The Kier molecular flexibility index (Phi) is 5.55. The van der Waals surface area contributed by atoms with Crippen molar-refractivity contribution in [3.05, 3.63) is 29.3 Å². The van der Waals surface area contributed by atoms with Crippen LogP contribution in [0.15, 0.2) is 18.2 Å². The predicted octanol–water partition coefficient (Wildman–Crippen LogP) is 0.894. The highest BCUT2D eigenvalue weighted by molar-refractivity contribution is 5.99. The minimum atomic E-state index is -0.0106. The van der Waals surface area contributed by atoms with E-state index in [2.05, 4.69) is 5.43 Å². The number of aliphatic hydroxyl groups excluding tert-OH is 1. The van der Waals surface area contributed by atoms with Gasteiger partial charge >= 0.3 is 0 Å². The van der Waals surface area contributed by atoms with E-state index in [9.17, 15) is 4.79 Å². The third-order valence-corrected chi connectivity index (χ3v) is 3.74. The van der Waals surface area contributed by atoms with Crippen LogP contribution in [0.2, 0.25) is 0 Å². The number of rotatable bonds is 5. The fourth-order valence-electron chi connectivity index (χ4n) is 2.58. The third kappa shape index (κ3) is 3.93. The fraction of sp³-hybridized carbons (Fsp3) is 0.533. The lowest BCUT2D eigenvalue weighted by atomic mass is 10.0. The van der Waals surface area contributed by atoms with E-state index < -0.39 is 0 Å². The summed E-state index contributed by atoms with van der Waals surface area (Å²) in [6.45, 7) is 3.67. The van der Waals surface area contributed by atoms with Gasteiger partial charge in [0.25, 0.3) is 5.91 Å². The van der Waals surface area contributed by atoms with Crippen molar-refractivity contribution in [3.8, 4) is 0 Å². The van der Waals surface area contributed by atoms with Gasteiger partial charge in [0.1, 0.15) is 0 Å². The van der Waals surface area contributed by atoms with E-state index in [1.54, 1.807) is 6.07 Å². The van der Waals surface area contributed by atoms with Crippen LogP contribution in [0.5, 0.6) is 0 Å². The highest BCUT2D eigenvalue weighted by Crippen LogP contribution is 2.21. The van der Waals surface area contributed by atoms with Gasteiger partial charge in [-0.15, -0.1) is 0 Å². The number of nitrogens with two attached hydrogens (primary N) is 1. The maximum Gasteiger partial charge on any atom is 0.256 e. The normalized spacial score (nSPS) is 16.0. The minimum Gasteiger partial charge on any atom is -0.394 e. The van der Waals surface area contributed by atoms with Gasteiger partial charge in [0.2, 0.25) is 0 Å². The van der Waals surface area contributed by atoms with Crippen LogP contribution in [0, 0.1) is 6.92 Å². The second-order valence-electron chi connectivity index (χ2n) is 5.28. The maximum absolute atomic E-state index is 12.6. The molecular weight excluding hydrogens is 270 g/mol. The van der Waals surface area contributed by atoms with Crippen molar-refractivity contribution in [2.45, 2.75) is 25.9 Å². The Bertz CT molecular complexity index is 485. The molecule has 0 atom stereocenters. The first-order valence-corrected chi connectivity index (χ1v) is 7.24. The number of aryl methyl sites for hydroxylation is 1. The molecule has 1 aliphatic heterocycles. The standard InChI is InChI=1S/C15H23N3O3/c1-11-2-3-13(14(10-11)17-16)15(20)18-6-4-12(5-7-18)21-9-8-19/h2-3,10,12,17,19H,4-9,16H2,1H3. The van der Waals surface area contributed by atoms with Gasteiger partial charge in [0, 0.05) is 13.1 Å². The van der Waals surface area contributed by atoms with E-state index in [1.807, 2.05) is 24.0 Å². The minimum absolute atomic E-state index is 0.0106. The summed E-state index contributed by atoms with van der Waals surface area (Å²) in [5, 5.41) is 8.76. The lowest BCUT2D eigenvalue weighted by Crippen LogP contribution is -2.41. The van der Waals surface area contributed by atoms with Crippen molar-refractivity contribution in [2.24, 2.45) is 5.84 Å². The van der Waals surface area contributed by atoms with Gasteiger partial charge in [0.05, 0.1) is 30.6 Å². The van der Waals surface area contributed by atoms with E-state index in [0.29, 0.717) is 30.9 Å². The predicted molar refractivity (Wildman–Crippen MR) is 81.0 cm³/mol. The van der Waals surface area contributed by atoms with Crippen molar-refractivity contribution >= 4 is 11.6 Å². The zero-order chi connectivity index (χ0) is 15.2. The molecule has 0 radical (unpaired) electrons. The Balaban J connectivity index is 1.99. The van der Waals surface area contributed by atoms with Gasteiger partial charge < -0.3 is 20.2 Å². The fourth-order valence-corrected chi connectivity index (χ4v) is 2.58. The van der Waals surface area contributed by atoms with Crippen molar-refractivity contribution < 1.29 is 14.6 Å². The zero-order valence-electron chi connectivity index (χ0n) is 12.3. The SMILES string of the molecule is Cc1ccc(C(=O)N2CCC(OCCO)CC2)c(NN)c1. The molecule has 1 fully saturated rings. The van der Waals surface area contributed by atoms with Crippen LogP contribution in [-0.4, -0.2) is 48.3 Å². The average molecular weight is 293 g/mol. The molecule has 116 valence electrons. The van der Waals surface area contributed by atoms with Crippen molar-refractivity contribution in [1.82, 2.24) is 4.90 Å². The molecule has 0 saturated carbocycles. The molecule has 21 heavy (non-hydrogen) atoms. The Morgan fingerprint density at radius 3 is 2.81 bits per heavy atom. The van der Waals surface area contributed by atoms with E-state index >= 15 is 0 Å². The summed E-state index contributed by atoms with van der Waals surface area (Å²) in [6, 6.07) is 5.58. The number of anilines is 1. The highest BCUT2D eigenvalue weighted by atomic mass is 16.5. The van der Waals surface area contributed by atoms with Gasteiger partial charge in [-0.2, -0.15) is 0 Å². The second kappa shape index (κ2) is 7.40. The first-order valence-electron chi connectivity index (χ1n) is 7.24. The van der Waals surface area contributed by atoms with Crippen molar-refractivity contribution in [2.75, 3.05) is 31.7 Å². The van der Waals surface area contributed by atoms with Gasteiger partial charge in [0.15, 0.2) is 0 Å². The zero-order valence-corrected chi connectivity index (χ0v) is 12.3. The van der Waals surface area contributed by atoms with Gasteiger partial charge in [-0.1, -0.05) is 6.07 Å². The molecule has 6 nitrogen and oxygen atoms in total. The second-order valence-corrected chi connectivity index (χ2v) is 5.28.